The number of hydrogen-bond donors (Lipinski definition) is 2. The first kappa shape index (κ1) is 37.3. The number of allylic oxidation sites excluding steroid dienone is 4. The first-order valence-corrected chi connectivity index (χ1v) is 19.7. The van der Waals surface area contributed by atoms with Crippen LogP contribution in [0.15, 0.2) is 84.9 Å². The standard InChI is InChI=1S/C48H54N4O2/c1-7-37-31(3)41-25-42-33(5)39(21-15-23-53-29-35-17-11-9-12-18-35)47(51-42)28-48-40(22-16-24-54-30-36-19-13-10-14-20-36)34(6)44(52-48)27-46-38(8-2)32(4)43(50-46)26-45(37)49-41/h9-14,17-20,25-28,49-50H,7-8,15-16,21-24,29-30H2,1-6H3. The van der Waals surface area contributed by atoms with Gasteiger partial charge in [-0.25, -0.2) is 9.97 Å². The van der Waals surface area contributed by atoms with Crippen molar-refractivity contribution in [1.29, 1.82) is 0 Å². The Kier molecular flexibility index (Phi) is 11.7. The number of hydrogen-bond acceptors (Lipinski definition) is 4. The van der Waals surface area contributed by atoms with Gasteiger partial charge in [0.2, 0.25) is 0 Å². The lowest BCUT2D eigenvalue weighted by molar-refractivity contribution is 0.119. The van der Waals surface area contributed by atoms with E-state index in [1.165, 1.54) is 55.7 Å². The number of aromatic amines is 2. The monoisotopic (exact) mass is 718 g/mol. The fourth-order valence-corrected chi connectivity index (χ4v) is 7.99. The molecule has 6 heteroatoms. The molecule has 5 aromatic rings. The van der Waals surface area contributed by atoms with Crippen LogP contribution in [-0.4, -0.2) is 33.1 Å². The summed E-state index contributed by atoms with van der Waals surface area (Å²) in [5, 5.41) is 0. The third-order valence-corrected chi connectivity index (χ3v) is 11.2. The molecule has 7 rings (SSSR count). The van der Waals surface area contributed by atoms with Crippen LogP contribution >= 0.6 is 0 Å². The molecule has 0 aliphatic carbocycles. The molecule has 5 heterocycles. The van der Waals surface area contributed by atoms with E-state index in [0.29, 0.717) is 26.4 Å². The van der Waals surface area contributed by atoms with Crippen LogP contribution in [0, 0.1) is 13.8 Å². The lowest BCUT2D eigenvalue weighted by Gasteiger charge is -2.08. The molecule has 0 saturated carbocycles. The Morgan fingerprint density at radius 2 is 0.926 bits per heavy atom. The van der Waals surface area contributed by atoms with Gasteiger partial charge in [-0.1, -0.05) is 74.5 Å². The van der Waals surface area contributed by atoms with E-state index in [9.17, 15) is 0 Å². The SMILES string of the molecule is CCc1c(C)c2cc3[nH]c(cc4nc(cc5nc(cc1[nH]2)C(C)=C5CCCOCc1ccccc1)C(CCCOCc1ccccc1)=C4C)c(C)c3CC. The van der Waals surface area contributed by atoms with Crippen LogP contribution in [-0.2, 0) is 35.5 Å². The molecule has 0 amide bonds. The first-order valence-electron chi connectivity index (χ1n) is 19.7. The van der Waals surface area contributed by atoms with Crippen molar-refractivity contribution in [1.82, 2.24) is 19.9 Å². The molecule has 6 nitrogen and oxygen atoms in total. The number of nitrogens with zero attached hydrogens (tertiary/aromatic N) is 2. The number of ether oxygens (including phenoxy) is 2. The van der Waals surface area contributed by atoms with Gasteiger partial charge in [-0.15, -0.1) is 0 Å². The van der Waals surface area contributed by atoms with Crippen molar-refractivity contribution in [3.63, 3.8) is 0 Å². The van der Waals surface area contributed by atoms with Gasteiger partial charge in [-0.05, 0) is 146 Å². The van der Waals surface area contributed by atoms with Gasteiger partial charge >= 0.3 is 0 Å². The first-order chi connectivity index (χ1) is 26.3. The number of H-pyrrole nitrogens is 2. The minimum Gasteiger partial charge on any atom is -0.377 e. The second kappa shape index (κ2) is 17.0. The molecule has 2 aromatic carbocycles. The van der Waals surface area contributed by atoms with E-state index in [-0.39, 0.29) is 0 Å². The Morgan fingerprint density at radius 1 is 0.500 bits per heavy atom. The summed E-state index contributed by atoms with van der Waals surface area (Å²) in [6.45, 7) is 16.0. The summed E-state index contributed by atoms with van der Waals surface area (Å²) in [6.07, 6.45) is 5.46. The molecular formula is C48H54N4O2. The summed E-state index contributed by atoms with van der Waals surface area (Å²) < 4.78 is 12.2. The highest BCUT2D eigenvalue weighted by Gasteiger charge is 2.22. The number of benzene rings is 2. The van der Waals surface area contributed by atoms with Crippen molar-refractivity contribution in [3.8, 4) is 0 Å². The van der Waals surface area contributed by atoms with Gasteiger partial charge in [0.15, 0.2) is 0 Å². The van der Waals surface area contributed by atoms with Crippen LogP contribution in [0.5, 0.6) is 0 Å². The van der Waals surface area contributed by atoms with Crippen LogP contribution in [0.25, 0.3) is 44.4 Å². The largest absolute Gasteiger partial charge is 0.377 e. The van der Waals surface area contributed by atoms with Crippen molar-refractivity contribution < 1.29 is 9.47 Å². The lowest BCUT2D eigenvalue weighted by Crippen LogP contribution is -1.97. The smallest absolute Gasteiger partial charge is 0.0716 e. The Bertz CT molecular complexity index is 2350. The average Bonchev–Trinajstić information content (AvgIpc) is 3.85. The molecule has 3 aromatic heterocycles. The van der Waals surface area contributed by atoms with Crippen molar-refractivity contribution in [2.75, 3.05) is 13.2 Å². The topological polar surface area (TPSA) is 75.8 Å². The van der Waals surface area contributed by atoms with E-state index in [2.05, 4.69) is 124 Å². The minimum absolute atomic E-state index is 0.623. The number of aryl methyl sites for hydroxylation is 4. The van der Waals surface area contributed by atoms with Gasteiger partial charge in [0.05, 0.1) is 36.0 Å². The fourth-order valence-electron chi connectivity index (χ4n) is 7.99. The second-order valence-electron chi connectivity index (χ2n) is 14.7. The highest BCUT2D eigenvalue weighted by atomic mass is 16.5. The fraction of sp³-hybridized carbons (Fsp3) is 0.333. The van der Waals surface area contributed by atoms with E-state index in [1.54, 1.807) is 0 Å². The predicted octanol–water partition coefficient (Wildman–Crippen LogP) is 11.9. The van der Waals surface area contributed by atoms with Gasteiger partial charge in [0, 0.05) is 35.3 Å². The zero-order valence-electron chi connectivity index (χ0n) is 32.9. The van der Waals surface area contributed by atoms with Gasteiger partial charge in [0.25, 0.3) is 0 Å². The maximum absolute atomic E-state index is 6.12. The van der Waals surface area contributed by atoms with E-state index in [1.807, 2.05) is 12.1 Å². The average molecular weight is 719 g/mol. The zero-order valence-corrected chi connectivity index (χ0v) is 32.9. The zero-order chi connectivity index (χ0) is 37.6. The maximum Gasteiger partial charge on any atom is 0.0716 e. The third-order valence-electron chi connectivity index (χ3n) is 11.2. The Morgan fingerprint density at radius 3 is 1.39 bits per heavy atom. The van der Waals surface area contributed by atoms with Crippen LogP contribution in [0.3, 0.4) is 0 Å². The molecule has 2 N–H and O–H groups in total. The van der Waals surface area contributed by atoms with Crippen LogP contribution in [0.4, 0.5) is 0 Å². The Labute approximate surface area is 320 Å². The molecule has 0 unspecified atom stereocenters. The molecule has 8 bridgehead atoms. The van der Waals surface area contributed by atoms with E-state index >= 15 is 0 Å². The molecule has 2 aliphatic rings. The van der Waals surface area contributed by atoms with Gasteiger partial charge < -0.3 is 19.4 Å². The summed E-state index contributed by atoms with van der Waals surface area (Å²) in [5.74, 6) is 0. The number of nitrogens with one attached hydrogen (secondary N) is 2. The third kappa shape index (κ3) is 8.06. The van der Waals surface area contributed by atoms with Crippen LogP contribution < -0.4 is 0 Å². The molecule has 0 saturated heterocycles. The molecule has 278 valence electrons. The maximum atomic E-state index is 6.12. The number of rotatable bonds is 14. The van der Waals surface area contributed by atoms with Crippen molar-refractivity contribution in [2.24, 2.45) is 0 Å². The molecule has 2 aliphatic heterocycles. The summed E-state index contributed by atoms with van der Waals surface area (Å²) in [4.78, 5) is 18.3. The highest BCUT2D eigenvalue weighted by molar-refractivity contribution is 5.95. The van der Waals surface area contributed by atoms with E-state index in [0.717, 1.165) is 83.4 Å². The highest BCUT2D eigenvalue weighted by Crippen LogP contribution is 2.38. The lowest BCUT2D eigenvalue weighted by atomic mass is 9.98. The van der Waals surface area contributed by atoms with Crippen molar-refractivity contribution in [3.05, 3.63) is 141 Å². The quantitative estimate of drug-likeness (QED) is 0.112. The summed E-state index contributed by atoms with van der Waals surface area (Å²) >= 11 is 0. The normalized spacial score (nSPS) is 13.0. The van der Waals surface area contributed by atoms with Gasteiger partial charge in [-0.2, -0.15) is 0 Å². The second-order valence-corrected chi connectivity index (χ2v) is 14.7. The summed E-state index contributed by atoms with van der Waals surface area (Å²) in [5.41, 5.74) is 21.1. The molecule has 0 fully saturated rings. The molecule has 54 heavy (non-hydrogen) atoms. The Hall–Kier alpha value is -5.04. The summed E-state index contributed by atoms with van der Waals surface area (Å²) in [7, 11) is 0. The van der Waals surface area contributed by atoms with Crippen molar-refractivity contribution in [2.45, 2.75) is 93.3 Å². The molecule has 0 spiro atoms. The van der Waals surface area contributed by atoms with E-state index < -0.39 is 0 Å². The van der Waals surface area contributed by atoms with Crippen molar-refractivity contribution >= 4 is 44.4 Å². The number of aromatic nitrogens is 4. The molecular weight excluding hydrogens is 665 g/mol. The Balaban J connectivity index is 1.30. The molecule has 0 atom stereocenters. The van der Waals surface area contributed by atoms with E-state index in [4.69, 9.17) is 19.4 Å². The van der Waals surface area contributed by atoms with Gasteiger partial charge in [-0.3, -0.25) is 0 Å². The van der Waals surface area contributed by atoms with Crippen LogP contribution in [0.2, 0.25) is 0 Å². The number of fused-ring (bicyclic) bond motifs is 8. The summed E-state index contributed by atoms with van der Waals surface area (Å²) in [6, 6.07) is 29.8. The predicted molar refractivity (Wildman–Crippen MR) is 225 cm³/mol. The van der Waals surface area contributed by atoms with Gasteiger partial charge in [0.1, 0.15) is 0 Å². The molecule has 0 radical (unpaired) electrons. The van der Waals surface area contributed by atoms with Crippen LogP contribution in [0.1, 0.15) is 110 Å². The minimum atomic E-state index is 0.623.